The Hall–Kier alpha value is -4.68. The van der Waals surface area contributed by atoms with Gasteiger partial charge in [-0.05, 0) is 67.3 Å². The molecule has 0 spiro atoms. The van der Waals surface area contributed by atoms with Gasteiger partial charge < -0.3 is 24.8 Å². The third kappa shape index (κ3) is 6.16. The number of aliphatic hydroxyl groups is 1. The number of nitrogens with one attached hydrogen (secondary N) is 1. The predicted molar refractivity (Wildman–Crippen MR) is 162 cm³/mol. The molecule has 2 aliphatic rings. The number of alkyl halides is 3. The van der Waals surface area contributed by atoms with Gasteiger partial charge in [0.25, 0.3) is 0 Å². The van der Waals surface area contributed by atoms with Gasteiger partial charge in [0, 0.05) is 41.8 Å². The fourth-order valence-corrected chi connectivity index (χ4v) is 5.95. The van der Waals surface area contributed by atoms with E-state index in [1.165, 1.54) is 31.4 Å². The predicted octanol–water partition coefficient (Wildman–Crippen LogP) is 5.19. The molecule has 0 saturated carbocycles. The molecule has 12 heteroatoms. The van der Waals surface area contributed by atoms with Crippen molar-refractivity contribution in [2.45, 2.75) is 31.5 Å². The van der Waals surface area contributed by atoms with Crippen LogP contribution in [0.2, 0.25) is 0 Å². The van der Waals surface area contributed by atoms with Gasteiger partial charge in [-0.3, -0.25) is 9.69 Å². The number of aromatic nitrogens is 1. The Morgan fingerprint density at radius 1 is 1.00 bits per heavy atom. The highest BCUT2D eigenvalue weighted by atomic mass is 19.4. The maximum atomic E-state index is 13.4. The third-order valence-electron chi connectivity index (χ3n) is 8.34. The highest BCUT2D eigenvalue weighted by Crippen LogP contribution is 2.36. The lowest BCUT2D eigenvalue weighted by Crippen LogP contribution is -2.43. The number of aromatic hydroxyl groups is 1. The van der Waals surface area contributed by atoms with Crippen molar-refractivity contribution in [2.75, 3.05) is 38.2 Å². The first-order chi connectivity index (χ1) is 21.5. The Morgan fingerprint density at radius 2 is 1.71 bits per heavy atom. The molecule has 0 atom stereocenters. The molecule has 3 aromatic carbocycles. The number of anilines is 1. The van der Waals surface area contributed by atoms with Gasteiger partial charge in [-0.1, -0.05) is 18.2 Å². The van der Waals surface area contributed by atoms with Gasteiger partial charge in [-0.15, -0.1) is 0 Å². The summed E-state index contributed by atoms with van der Waals surface area (Å²) in [6.07, 6.45) is -2.95. The zero-order valence-corrected chi connectivity index (χ0v) is 24.4. The molecule has 1 saturated heterocycles. The SMILES string of the molecule is COC(=O)c1ccc2c(C(=Nc3ccc4c(c3)CCN4C(=O)CN3CCC(O)CC3)c3ccc(C(F)(F)F)cc3)c(O)[nH]c2c1. The van der Waals surface area contributed by atoms with Gasteiger partial charge in [0.05, 0.1) is 47.8 Å². The molecule has 9 nitrogen and oxygen atoms in total. The number of fused-ring (bicyclic) bond motifs is 2. The summed E-state index contributed by atoms with van der Waals surface area (Å²) >= 11 is 0. The van der Waals surface area contributed by atoms with Crippen molar-refractivity contribution in [3.05, 3.63) is 88.5 Å². The molecular formula is C33H31F3N4O5. The average Bonchev–Trinajstić information content (AvgIpc) is 3.59. The normalized spacial score (nSPS) is 16.3. The number of aromatic amines is 1. The summed E-state index contributed by atoms with van der Waals surface area (Å²) in [6.45, 7) is 2.11. The number of methoxy groups -OCH3 is 1. The average molecular weight is 621 g/mol. The summed E-state index contributed by atoms with van der Waals surface area (Å²) in [5.74, 6) is -0.861. The van der Waals surface area contributed by atoms with Crippen LogP contribution in [0.25, 0.3) is 10.9 Å². The molecule has 2 aliphatic heterocycles. The first kappa shape index (κ1) is 30.4. The largest absolute Gasteiger partial charge is 0.494 e. The highest BCUT2D eigenvalue weighted by Gasteiger charge is 2.31. The lowest BCUT2D eigenvalue weighted by molar-refractivity contribution is -0.137. The Balaban J connectivity index is 1.37. The van der Waals surface area contributed by atoms with Crippen LogP contribution in [-0.4, -0.2) is 77.1 Å². The van der Waals surface area contributed by atoms with Crippen LogP contribution in [0.5, 0.6) is 5.88 Å². The Bertz CT molecular complexity index is 1790. The second kappa shape index (κ2) is 12.0. The Morgan fingerprint density at radius 3 is 2.40 bits per heavy atom. The van der Waals surface area contributed by atoms with Crippen LogP contribution >= 0.6 is 0 Å². The molecule has 3 N–H and O–H groups in total. The lowest BCUT2D eigenvalue weighted by Gasteiger charge is -2.30. The first-order valence-electron chi connectivity index (χ1n) is 14.5. The maximum Gasteiger partial charge on any atom is 0.416 e. The van der Waals surface area contributed by atoms with Crippen LogP contribution in [-0.2, 0) is 22.1 Å². The third-order valence-corrected chi connectivity index (χ3v) is 8.34. The van der Waals surface area contributed by atoms with Crippen molar-refractivity contribution in [3.8, 4) is 5.88 Å². The zero-order valence-electron chi connectivity index (χ0n) is 24.4. The summed E-state index contributed by atoms with van der Waals surface area (Å²) in [6, 6.07) is 14.6. The highest BCUT2D eigenvalue weighted by molar-refractivity contribution is 6.22. The van der Waals surface area contributed by atoms with Crippen molar-refractivity contribution in [3.63, 3.8) is 0 Å². The van der Waals surface area contributed by atoms with Gasteiger partial charge in [-0.25, -0.2) is 9.79 Å². The molecule has 1 amide bonds. The fourth-order valence-electron chi connectivity index (χ4n) is 5.95. The number of benzene rings is 3. The van der Waals surface area contributed by atoms with E-state index in [2.05, 4.69) is 4.98 Å². The fraction of sp³-hybridized carbons (Fsp3) is 0.303. The Kier molecular flexibility index (Phi) is 8.10. The van der Waals surface area contributed by atoms with Crippen molar-refractivity contribution in [2.24, 2.45) is 4.99 Å². The van der Waals surface area contributed by atoms with E-state index in [1.807, 2.05) is 11.0 Å². The molecule has 234 valence electrons. The quantitative estimate of drug-likeness (QED) is 0.202. The van der Waals surface area contributed by atoms with Crippen LogP contribution in [0.4, 0.5) is 24.5 Å². The molecule has 6 rings (SSSR count). The van der Waals surface area contributed by atoms with Gasteiger partial charge in [0.2, 0.25) is 5.91 Å². The van der Waals surface area contributed by atoms with E-state index >= 15 is 0 Å². The number of aliphatic hydroxyl groups excluding tert-OH is 1. The number of halogens is 3. The number of aliphatic imine (C=N–C) groups is 1. The number of carbonyl (C=O) groups excluding carboxylic acids is 2. The second-order valence-electron chi connectivity index (χ2n) is 11.3. The van der Waals surface area contributed by atoms with E-state index in [4.69, 9.17) is 9.73 Å². The maximum absolute atomic E-state index is 13.4. The van der Waals surface area contributed by atoms with Gasteiger partial charge in [-0.2, -0.15) is 13.2 Å². The van der Waals surface area contributed by atoms with Gasteiger partial charge >= 0.3 is 12.1 Å². The summed E-state index contributed by atoms with van der Waals surface area (Å²) in [5, 5.41) is 21.3. The molecule has 0 radical (unpaired) electrons. The number of likely N-dealkylation sites (tertiary alicyclic amines) is 1. The first-order valence-corrected chi connectivity index (χ1v) is 14.5. The minimum atomic E-state index is -4.53. The van der Waals surface area contributed by atoms with Crippen LogP contribution in [0, 0.1) is 0 Å². The van der Waals surface area contributed by atoms with Crippen molar-refractivity contribution < 1.29 is 37.7 Å². The number of rotatable bonds is 6. The molecule has 0 unspecified atom stereocenters. The number of esters is 1. The standard InChI is InChI=1S/C33H31F3N4O5/c1-45-32(44)21-4-8-25-26(17-21)38-31(43)29(25)30(19-2-5-22(6-3-19)33(34,35)36)37-23-7-9-27-20(16-23)10-15-40(27)28(42)18-39-13-11-24(41)12-14-39/h2-9,16-17,24,38,41,43H,10-15,18H2,1H3. The van der Waals surface area contributed by atoms with Crippen molar-refractivity contribution in [1.29, 1.82) is 0 Å². The van der Waals surface area contributed by atoms with Crippen molar-refractivity contribution in [1.82, 2.24) is 9.88 Å². The lowest BCUT2D eigenvalue weighted by atomic mass is 9.99. The molecule has 1 fully saturated rings. The zero-order chi connectivity index (χ0) is 31.9. The van der Waals surface area contributed by atoms with Crippen LogP contribution in [0.3, 0.4) is 0 Å². The van der Waals surface area contributed by atoms with E-state index in [-0.39, 0.29) is 41.3 Å². The smallest absolute Gasteiger partial charge is 0.416 e. The second-order valence-corrected chi connectivity index (χ2v) is 11.3. The molecule has 3 heterocycles. The number of hydrogen-bond donors (Lipinski definition) is 3. The van der Waals surface area contributed by atoms with Crippen LogP contribution in [0.1, 0.15) is 45.5 Å². The molecule has 45 heavy (non-hydrogen) atoms. The number of carbonyl (C=O) groups is 2. The molecule has 1 aromatic heterocycles. The molecule has 0 aliphatic carbocycles. The number of nitrogens with zero attached hydrogens (tertiary/aromatic N) is 3. The van der Waals surface area contributed by atoms with Crippen LogP contribution in [0.15, 0.2) is 65.7 Å². The Labute approximate surface area is 256 Å². The molecule has 4 aromatic rings. The monoisotopic (exact) mass is 620 g/mol. The topological polar surface area (TPSA) is 118 Å². The van der Waals surface area contributed by atoms with Crippen LogP contribution < -0.4 is 4.90 Å². The number of amides is 1. The summed E-state index contributed by atoms with van der Waals surface area (Å²) in [4.78, 5) is 36.7. The van der Waals surface area contributed by atoms with Gasteiger partial charge in [0.1, 0.15) is 0 Å². The van der Waals surface area contributed by atoms with Crippen molar-refractivity contribution >= 4 is 39.9 Å². The molecule has 0 bridgehead atoms. The minimum absolute atomic E-state index is 0.0260. The summed E-state index contributed by atoms with van der Waals surface area (Å²) in [7, 11) is 1.26. The summed E-state index contributed by atoms with van der Waals surface area (Å²) < 4.78 is 44.9. The van der Waals surface area contributed by atoms with E-state index in [0.717, 1.165) is 23.4 Å². The number of ether oxygens (including phenoxy) is 1. The van der Waals surface area contributed by atoms with Gasteiger partial charge in [0.15, 0.2) is 5.88 Å². The van der Waals surface area contributed by atoms with E-state index in [1.54, 1.807) is 23.1 Å². The molecular weight excluding hydrogens is 589 g/mol. The van der Waals surface area contributed by atoms with E-state index in [0.29, 0.717) is 61.1 Å². The number of piperidine rings is 1. The number of H-pyrrole nitrogens is 1. The number of hydrogen-bond acceptors (Lipinski definition) is 7. The summed E-state index contributed by atoms with van der Waals surface area (Å²) in [5.41, 5.74) is 2.82. The van der Waals surface area contributed by atoms with E-state index < -0.39 is 17.7 Å². The van der Waals surface area contributed by atoms with E-state index in [9.17, 15) is 33.0 Å². The minimum Gasteiger partial charge on any atom is -0.494 e.